The molecule has 0 aliphatic heterocycles. The lowest BCUT2D eigenvalue weighted by Crippen LogP contribution is -2.51. The van der Waals surface area contributed by atoms with Crippen LogP contribution in [-0.4, -0.2) is 63.1 Å². The molecule has 2 saturated carbocycles. The molecular formula is C20H33N5O4. The number of aryl methyl sites for hydroxylation is 1. The van der Waals surface area contributed by atoms with Crippen molar-refractivity contribution in [2.75, 3.05) is 7.11 Å². The predicted molar refractivity (Wildman–Crippen MR) is 106 cm³/mol. The predicted octanol–water partition coefficient (Wildman–Crippen LogP) is 0.778. The first kappa shape index (κ1) is 21.7. The second kappa shape index (κ2) is 10.7. The van der Waals surface area contributed by atoms with Crippen LogP contribution in [0.5, 0.6) is 0 Å². The summed E-state index contributed by atoms with van der Waals surface area (Å²) in [4.78, 5) is 29.0. The van der Waals surface area contributed by atoms with E-state index in [0.717, 1.165) is 38.5 Å². The van der Waals surface area contributed by atoms with Gasteiger partial charge in [0, 0.05) is 32.0 Å². The first-order chi connectivity index (χ1) is 14.0. The Labute approximate surface area is 171 Å². The Morgan fingerprint density at radius 3 is 2.66 bits per heavy atom. The SMILES string of the molecule is CO[C@@H]1CC[C@H](C(=O)NC2CCC(O)CC2)C[C@H]1NC(=O)CCCn1cncn1. The van der Waals surface area contributed by atoms with E-state index in [1.165, 1.54) is 6.33 Å². The highest BCUT2D eigenvalue weighted by Gasteiger charge is 2.35. The summed E-state index contributed by atoms with van der Waals surface area (Å²) in [5, 5.41) is 19.9. The molecule has 3 N–H and O–H groups in total. The zero-order valence-electron chi connectivity index (χ0n) is 17.1. The van der Waals surface area contributed by atoms with Gasteiger partial charge in [0.25, 0.3) is 0 Å². The third-order valence-electron chi connectivity index (χ3n) is 6.11. The van der Waals surface area contributed by atoms with Gasteiger partial charge >= 0.3 is 0 Å². The van der Waals surface area contributed by atoms with E-state index in [1.807, 2.05) is 0 Å². The fourth-order valence-corrected chi connectivity index (χ4v) is 4.38. The minimum absolute atomic E-state index is 0.0282. The Balaban J connectivity index is 1.45. The number of nitrogens with zero attached hydrogens (tertiary/aromatic N) is 3. The van der Waals surface area contributed by atoms with Crippen molar-refractivity contribution in [2.45, 2.75) is 88.6 Å². The number of aliphatic hydroxyl groups excluding tert-OH is 1. The zero-order chi connectivity index (χ0) is 20.6. The molecule has 2 fully saturated rings. The Hall–Kier alpha value is -2.00. The number of amides is 2. The fraction of sp³-hybridized carbons (Fsp3) is 0.800. The normalized spacial score (nSPS) is 29.9. The van der Waals surface area contributed by atoms with Gasteiger partial charge in [-0.1, -0.05) is 0 Å². The van der Waals surface area contributed by atoms with E-state index in [4.69, 9.17) is 4.74 Å². The average molecular weight is 408 g/mol. The lowest BCUT2D eigenvalue weighted by molar-refractivity contribution is -0.130. The van der Waals surface area contributed by atoms with E-state index in [0.29, 0.717) is 25.8 Å². The van der Waals surface area contributed by atoms with Crippen molar-refractivity contribution in [2.24, 2.45) is 5.92 Å². The number of ether oxygens (including phenoxy) is 1. The number of aliphatic hydroxyl groups is 1. The van der Waals surface area contributed by atoms with Crippen LogP contribution in [0.15, 0.2) is 12.7 Å². The molecule has 29 heavy (non-hydrogen) atoms. The molecule has 0 aromatic carbocycles. The number of carbonyl (C=O) groups is 2. The quantitative estimate of drug-likeness (QED) is 0.586. The molecule has 9 nitrogen and oxygen atoms in total. The summed E-state index contributed by atoms with van der Waals surface area (Å²) in [6.07, 6.45) is 9.14. The Bertz CT molecular complexity index is 645. The summed E-state index contributed by atoms with van der Waals surface area (Å²) >= 11 is 0. The van der Waals surface area contributed by atoms with Gasteiger partial charge in [0.05, 0.1) is 18.2 Å². The molecule has 2 amide bonds. The largest absolute Gasteiger partial charge is 0.393 e. The molecule has 0 saturated heterocycles. The summed E-state index contributed by atoms with van der Waals surface area (Å²) in [6.45, 7) is 0.646. The number of aromatic nitrogens is 3. The van der Waals surface area contributed by atoms with Crippen LogP contribution in [0.3, 0.4) is 0 Å². The van der Waals surface area contributed by atoms with Crippen molar-refractivity contribution in [3.8, 4) is 0 Å². The molecule has 162 valence electrons. The van der Waals surface area contributed by atoms with E-state index >= 15 is 0 Å². The standard InChI is InChI=1S/C20H33N5O4/c1-29-18-9-4-14(20(28)23-15-5-7-16(26)8-6-15)11-17(18)24-19(27)3-2-10-25-13-21-12-22-25/h12-18,26H,2-11H2,1H3,(H,23,28)(H,24,27)/t14-,15?,16?,17+,18+/m0/s1. The van der Waals surface area contributed by atoms with Gasteiger partial charge < -0.3 is 20.5 Å². The highest BCUT2D eigenvalue weighted by atomic mass is 16.5. The second-order valence-corrected chi connectivity index (χ2v) is 8.23. The van der Waals surface area contributed by atoms with Crippen LogP contribution < -0.4 is 10.6 Å². The van der Waals surface area contributed by atoms with Gasteiger partial charge in [-0.05, 0) is 51.4 Å². The number of rotatable bonds is 8. The van der Waals surface area contributed by atoms with Crippen LogP contribution in [0, 0.1) is 5.92 Å². The van der Waals surface area contributed by atoms with Gasteiger partial charge in [-0.25, -0.2) is 4.98 Å². The summed E-state index contributed by atoms with van der Waals surface area (Å²) in [7, 11) is 1.66. The molecule has 1 aromatic heterocycles. The van der Waals surface area contributed by atoms with Crippen LogP contribution in [-0.2, 0) is 20.9 Å². The van der Waals surface area contributed by atoms with Gasteiger partial charge in [-0.3, -0.25) is 14.3 Å². The number of nitrogens with one attached hydrogen (secondary N) is 2. The lowest BCUT2D eigenvalue weighted by atomic mass is 9.82. The molecular weight excluding hydrogens is 374 g/mol. The van der Waals surface area contributed by atoms with Crippen LogP contribution in [0.25, 0.3) is 0 Å². The molecule has 1 aromatic rings. The van der Waals surface area contributed by atoms with Crippen molar-refractivity contribution < 1.29 is 19.4 Å². The number of hydrogen-bond donors (Lipinski definition) is 3. The summed E-state index contributed by atoms with van der Waals surface area (Å²) < 4.78 is 7.27. The van der Waals surface area contributed by atoms with Gasteiger partial charge in [-0.2, -0.15) is 5.10 Å². The van der Waals surface area contributed by atoms with E-state index in [2.05, 4.69) is 20.7 Å². The van der Waals surface area contributed by atoms with Crippen LogP contribution in [0.2, 0.25) is 0 Å². The second-order valence-electron chi connectivity index (χ2n) is 8.23. The first-order valence-electron chi connectivity index (χ1n) is 10.7. The molecule has 9 heteroatoms. The number of carbonyl (C=O) groups excluding carboxylic acids is 2. The van der Waals surface area contributed by atoms with Crippen molar-refractivity contribution in [1.82, 2.24) is 25.4 Å². The van der Waals surface area contributed by atoms with Crippen molar-refractivity contribution in [3.05, 3.63) is 12.7 Å². The number of methoxy groups -OCH3 is 1. The van der Waals surface area contributed by atoms with Gasteiger partial charge in [0.2, 0.25) is 11.8 Å². The molecule has 0 spiro atoms. The summed E-state index contributed by atoms with van der Waals surface area (Å²) in [5.41, 5.74) is 0. The maximum Gasteiger partial charge on any atom is 0.223 e. The van der Waals surface area contributed by atoms with Gasteiger partial charge in [-0.15, -0.1) is 0 Å². The van der Waals surface area contributed by atoms with Crippen molar-refractivity contribution >= 4 is 11.8 Å². The zero-order valence-corrected chi connectivity index (χ0v) is 17.1. The lowest BCUT2D eigenvalue weighted by Gasteiger charge is -2.36. The number of hydrogen-bond acceptors (Lipinski definition) is 6. The maximum atomic E-state index is 12.7. The Kier molecular flexibility index (Phi) is 8.00. The molecule has 3 rings (SSSR count). The minimum atomic E-state index is -0.232. The van der Waals surface area contributed by atoms with Crippen LogP contribution in [0.4, 0.5) is 0 Å². The topological polar surface area (TPSA) is 118 Å². The summed E-state index contributed by atoms with van der Waals surface area (Å²) in [5.74, 6) is -0.0837. The monoisotopic (exact) mass is 407 g/mol. The third kappa shape index (κ3) is 6.50. The van der Waals surface area contributed by atoms with Crippen LogP contribution in [0.1, 0.15) is 57.8 Å². The van der Waals surface area contributed by atoms with Gasteiger partial charge in [0.1, 0.15) is 12.7 Å². The van der Waals surface area contributed by atoms with E-state index in [1.54, 1.807) is 18.1 Å². The molecule has 2 aliphatic carbocycles. The smallest absolute Gasteiger partial charge is 0.223 e. The molecule has 0 radical (unpaired) electrons. The first-order valence-corrected chi connectivity index (χ1v) is 10.7. The highest BCUT2D eigenvalue weighted by molar-refractivity contribution is 5.80. The Morgan fingerprint density at radius 1 is 1.17 bits per heavy atom. The third-order valence-corrected chi connectivity index (χ3v) is 6.11. The van der Waals surface area contributed by atoms with E-state index in [-0.39, 0.29) is 42.0 Å². The molecule has 0 bridgehead atoms. The summed E-state index contributed by atoms with van der Waals surface area (Å²) in [6, 6.07) is -0.00702. The molecule has 1 heterocycles. The van der Waals surface area contributed by atoms with E-state index in [9.17, 15) is 14.7 Å². The highest BCUT2D eigenvalue weighted by Crippen LogP contribution is 2.28. The van der Waals surface area contributed by atoms with Crippen LogP contribution >= 0.6 is 0 Å². The molecule has 2 aliphatic rings. The van der Waals surface area contributed by atoms with Crippen molar-refractivity contribution in [3.63, 3.8) is 0 Å². The average Bonchev–Trinajstić information content (AvgIpc) is 3.23. The van der Waals surface area contributed by atoms with Crippen molar-refractivity contribution in [1.29, 1.82) is 0 Å². The fourth-order valence-electron chi connectivity index (χ4n) is 4.38. The van der Waals surface area contributed by atoms with Gasteiger partial charge in [0.15, 0.2) is 0 Å². The minimum Gasteiger partial charge on any atom is -0.393 e. The maximum absolute atomic E-state index is 12.7. The van der Waals surface area contributed by atoms with E-state index < -0.39 is 0 Å². The molecule has 3 atom stereocenters. The Morgan fingerprint density at radius 2 is 1.97 bits per heavy atom. The molecule has 0 unspecified atom stereocenters.